The minimum atomic E-state index is -0.521. The molecule has 0 aliphatic heterocycles. The summed E-state index contributed by atoms with van der Waals surface area (Å²) in [5.74, 6) is -0.772. The largest absolute Gasteiger partial charge is 0.292 e. The van der Waals surface area contributed by atoms with Crippen molar-refractivity contribution in [3.63, 3.8) is 0 Å². The van der Waals surface area contributed by atoms with Gasteiger partial charge in [-0.2, -0.15) is 5.10 Å². The lowest BCUT2D eigenvalue weighted by Crippen LogP contribution is -2.13. The summed E-state index contributed by atoms with van der Waals surface area (Å²) in [6.45, 7) is 3.82. The smallest absolute Gasteiger partial charge is 0.218 e. The van der Waals surface area contributed by atoms with Crippen LogP contribution in [0.2, 0.25) is 0 Å². The third-order valence-corrected chi connectivity index (χ3v) is 4.86. The molecule has 0 spiro atoms. The molecule has 7 nitrogen and oxygen atoms in total. The van der Waals surface area contributed by atoms with Crippen LogP contribution in [0.4, 0.5) is 4.39 Å². The van der Waals surface area contributed by atoms with Gasteiger partial charge in [-0.25, -0.2) is 13.9 Å². The lowest BCUT2D eigenvalue weighted by atomic mass is 10.0. The fourth-order valence-corrected chi connectivity index (χ4v) is 3.50. The first kappa shape index (κ1) is 18.4. The van der Waals surface area contributed by atoms with E-state index in [1.165, 1.54) is 21.5 Å². The van der Waals surface area contributed by atoms with Crippen LogP contribution in [0.1, 0.15) is 27.3 Å². The normalized spacial score (nSPS) is 11.3. The minimum Gasteiger partial charge on any atom is -0.292 e. The van der Waals surface area contributed by atoms with Gasteiger partial charge >= 0.3 is 0 Å². The molecule has 0 atom stereocenters. The SMILES string of the molecule is Cc1ccc(C)c(-c2cnn(C)c2C(=O)Cc2cc3nc(Br)nn3cc2F)n1. The van der Waals surface area contributed by atoms with E-state index in [2.05, 4.69) is 36.1 Å². The maximum atomic E-state index is 14.5. The number of carbonyl (C=O) groups excluding carboxylic acids is 1. The van der Waals surface area contributed by atoms with E-state index < -0.39 is 5.82 Å². The number of nitrogens with zero attached hydrogens (tertiary/aromatic N) is 6. The number of hydrogen-bond acceptors (Lipinski definition) is 5. The summed E-state index contributed by atoms with van der Waals surface area (Å²) in [5.41, 5.74) is 4.22. The molecule has 4 heterocycles. The number of rotatable bonds is 4. The number of hydrogen-bond donors (Lipinski definition) is 0. The van der Waals surface area contributed by atoms with Crippen molar-refractivity contribution in [2.45, 2.75) is 20.3 Å². The first-order chi connectivity index (χ1) is 13.3. The molecule has 0 fully saturated rings. The third-order valence-electron chi connectivity index (χ3n) is 4.52. The molecule has 0 radical (unpaired) electrons. The van der Waals surface area contributed by atoms with Crippen LogP contribution in [-0.2, 0) is 13.5 Å². The second-order valence-electron chi connectivity index (χ2n) is 6.58. The number of pyridine rings is 2. The van der Waals surface area contributed by atoms with E-state index in [1.807, 2.05) is 26.0 Å². The molecule has 0 bridgehead atoms. The highest BCUT2D eigenvalue weighted by Crippen LogP contribution is 2.26. The van der Waals surface area contributed by atoms with Crippen LogP contribution >= 0.6 is 15.9 Å². The van der Waals surface area contributed by atoms with Gasteiger partial charge in [0.2, 0.25) is 4.73 Å². The second-order valence-corrected chi connectivity index (χ2v) is 7.29. The third kappa shape index (κ3) is 3.22. The van der Waals surface area contributed by atoms with Gasteiger partial charge in [0, 0.05) is 30.3 Å². The second kappa shape index (κ2) is 6.90. The Hall–Kier alpha value is -2.94. The molecule has 0 saturated heterocycles. The van der Waals surface area contributed by atoms with Gasteiger partial charge in [0.1, 0.15) is 11.5 Å². The Bertz CT molecular complexity index is 1230. The molecule has 28 heavy (non-hydrogen) atoms. The van der Waals surface area contributed by atoms with Gasteiger partial charge in [0.25, 0.3) is 0 Å². The molecule has 4 aromatic heterocycles. The number of halogens is 2. The molecule has 0 aliphatic carbocycles. The number of carbonyl (C=O) groups is 1. The summed E-state index contributed by atoms with van der Waals surface area (Å²) in [5, 5.41) is 8.24. The van der Waals surface area contributed by atoms with Gasteiger partial charge in [0.15, 0.2) is 11.4 Å². The highest BCUT2D eigenvalue weighted by Gasteiger charge is 2.22. The first-order valence-electron chi connectivity index (χ1n) is 8.53. The Morgan fingerprint density at radius 1 is 1.25 bits per heavy atom. The van der Waals surface area contributed by atoms with E-state index in [0.717, 1.165) is 11.3 Å². The van der Waals surface area contributed by atoms with Gasteiger partial charge in [0.05, 0.1) is 18.1 Å². The Kier molecular flexibility index (Phi) is 4.54. The number of ketones is 1. The zero-order valence-electron chi connectivity index (χ0n) is 15.4. The highest BCUT2D eigenvalue weighted by molar-refractivity contribution is 9.10. The average Bonchev–Trinajstić information content (AvgIpc) is 3.18. The van der Waals surface area contributed by atoms with Crippen molar-refractivity contribution in [2.24, 2.45) is 7.05 Å². The van der Waals surface area contributed by atoms with Crippen molar-refractivity contribution in [3.05, 3.63) is 63.7 Å². The fourth-order valence-electron chi connectivity index (χ4n) is 3.15. The Balaban J connectivity index is 1.74. The molecule has 0 unspecified atom stereocenters. The summed E-state index contributed by atoms with van der Waals surface area (Å²) < 4.78 is 17.7. The molecular formula is C19H16BrFN6O. The topological polar surface area (TPSA) is 78.0 Å². The zero-order chi connectivity index (χ0) is 20.0. The highest BCUT2D eigenvalue weighted by atomic mass is 79.9. The van der Waals surface area contributed by atoms with Crippen LogP contribution < -0.4 is 0 Å². The van der Waals surface area contributed by atoms with Crippen LogP contribution in [0.25, 0.3) is 16.9 Å². The van der Waals surface area contributed by atoms with Crippen molar-refractivity contribution in [3.8, 4) is 11.3 Å². The van der Waals surface area contributed by atoms with Gasteiger partial charge < -0.3 is 0 Å². The number of aromatic nitrogens is 6. The average molecular weight is 443 g/mol. The predicted molar refractivity (Wildman–Crippen MR) is 105 cm³/mol. The van der Waals surface area contributed by atoms with Crippen LogP contribution in [0.5, 0.6) is 0 Å². The van der Waals surface area contributed by atoms with E-state index in [4.69, 9.17) is 0 Å². The molecule has 9 heteroatoms. The molecule has 4 aromatic rings. The van der Waals surface area contributed by atoms with E-state index in [9.17, 15) is 9.18 Å². The van der Waals surface area contributed by atoms with Crippen molar-refractivity contribution < 1.29 is 9.18 Å². The molecule has 0 aliphatic rings. The molecule has 142 valence electrons. The Labute approximate surface area is 168 Å². The molecule has 0 aromatic carbocycles. The molecule has 0 amide bonds. The zero-order valence-corrected chi connectivity index (χ0v) is 17.0. The summed E-state index contributed by atoms with van der Waals surface area (Å²) >= 11 is 3.16. The summed E-state index contributed by atoms with van der Waals surface area (Å²) in [6.07, 6.45) is 2.72. The number of Topliss-reactive ketones (excluding diaryl/α,β-unsaturated/α-hetero) is 1. The van der Waals surface area contributed by atoms with E-state index in [1.54, 1.807) is 13.2 Å². The van der Waals surface area contributed by atoms with E-state index in [-0.39, 0.29) is 17.8 Å². The van der Waals surface area contributed by atoms with Gasteiger partial charge in [-0.1, -0.05) is 6.07 Å². The lowest BCUT2D eigenvalue weighted by Gasteiger charge is -2.09. The number of fused-ring (bicyclic) bond motifs is 1. The van der Waals surface area contributed by atoms with Crippen LogP contribution in [0, 0.1) is 19.7 Å². The van der Waals surface area contributed by atoms with Crippen molar-refractivity contribution >= 4 is 27.4 Å². The summed E-state index contributed by atoms with van der Waals surface area (Å²) in [4.78, 5) is 21.8. The van der Waals surface area contributed by atoms with Crippen molar-refractivity contribution in [1.82, 2.24) is 29.4 Å². The van der Waals surface area contributed by atoms with E-state index in [0.29, 0.717) is 27.3 Å². The summed E-state index contributed by atoms with van der Waals surface area (Å²) in [6, 6.07) is 5.39. The Morgan fingerprint density at radius 2 is 2.04 bits per heavy atom. The quantitative estimate of drug-likeness (QED) is 0.452. The van der Waals surface area contributed by atoms with Crippen molar-refractivity contribution in [2.75, 3.05) is 0 Å². The van der Waals surface area contributed by atoms with E-state index >= 15 is 0 Å². The Morgan fingerprint density at radius 3 is 2.82 bits per heavy atom. The van der Waals surface area contributed by atoms with Crippen LogP contribution in [-0.4, -0.2) is 35.1 Å². The molecular weight excluding hydrogens is 427 g/mol. The number of aryl methyl sites for hydroxylation is 3. The minimum absolute atomic E-state index is 0.121. The first-order valence-corrected chi connectivity index (χ1v) is 9.33. The van der Waals surface area contributed by atoms with Crippen LogP contribution in [0.3, 0.4) is 0 Å². The standard InChI is InChI=1S/C19H16BrFN6O/c1-10-4-5-11(2)23-17(10)13-8-22-26(3)18(13)15(28)6-12-7-16-24-19(20)25-27(16)9-14(12)21/h4-5,7-9H,6H2,1-3H3. The maximum absolute atomic E-state index is 14.5. The lowest BCUT2D eigenvalue weighted by molar-refractivity contribution is 0.0983. The van der Waals surface area contributed by atoms with Crippen LogP contribution in [0.15, 0.2) is 35.3 Å². The molecule has 0 N–H and O–H groups in total. The summed E-state index contributed by atoms with van der Waals surface area (Å²) in [7, 11) is 1.69. The fraction of sp³-hybridized carbons (Fsp3) is 0.211. The molecule has 4 rings (SSSR count). The molecule has 0 saturated carbocycles. The maximum Gasteiger partial charge on any atom is 0.218 e. The van der Waals surface area contributed by atoms with Crippen molar-refractivity contribution in [1.29, 1.82) is 0 Å². The predicted octanol–water partition coefficient (Wildman–Crippen LogP) is 3.47. The monoisotopic (exact) mass is 442 g/mol. The van der Waals surface area contributed by atoms with Gasteiger partial charge in [-0.05, 0) is 47.5 Å². The van der Waals surface area contributed by atoms with Gasteiger partial charge in [-0.3, -0.25) is 14.5 Å². The van der Waals surface area contributed by atoms with Gasteiger partial charge in [-0.15, -0.1) is 5.10 Å².